The highest BCUT2D eigenvalue weighted by Crippen LogP contribution is 2.20. The number of rotatable bonds is 4. The van der Waals surface area contributed by atoms with Crippen LogP contribution in [0.15, 0.2) is 26.3 Å². The zero-order chi connectivity index (χ0) is 22.3. The van der Waals surface area contributed by atoms with Crippen molar-refractivity contribution in [2.75, 3.05) is 33.7 Å². The highest BCUT2D eigenvalue weighted by Gasteiger charge is 2.51. The quantitative estimate of drug-likeness (QED) is 0.604. The summed E-state index contributed by atoms with van der Waals surface area (Å²) in [5, 5.41) is 0. The van der Waals surface area contributed by atoms with Gasteiger partial charge in [-0.3, -0.25) is 19.4 Å². The third-order valence-corrected chi connectivity index (χ3v) is 5.68. The van der Waals surface area contributed by atoms with Gasteiger partial charge in [-0.25, -0.2) is 14.2 Å². The summed E-state index contributed by atoms with van der Waals surface area (Å²) in [6, 6.07) is 1.76. The predicted octanol–water partition coefficient (Wildman–Crippen LogP) is -0.337. The van der Waals surface area contributed by atoms with Crippen LogP contribution in [0, 0.1) is 6.92 Å². The van der Waals surface area contributed by atoms with Crippen LogP contribution in [-0.4, -0.2) is 95.2 Å². The maximum atomic E-state index is 12.8. The summed E-state index contributed by atoms with van der Waals surface area (Å²) in [5.41, 5.74) is -0.457. The Morgan fingerprint density at radius 3 is 2.58 bits per heavy atom. The molecule has 2 saturated heterocycles. The minimum atomic E-state index is -0.773. The number of likely N-dealkylation sites (tertiary alicyclic amines) is 1. The number of ether oxygens (including phenoxy) is 1. The lowest BCUT2D eigenvalue weighted by Crippen LogP contribution is -2.62. The average Bonchev–Trinajstić information content (AvgIpc) is 3.14. The molecule has 4 rings (SSSR count). The number of piperidine rings is 1. The monoisotopic (exact) mass is 430 g/mol. The van der Waals surface area contributed by atoms with E-state index in [1.807, 2.05) is 0 Å². The van der Waals surface area contributed by atoms with Gasteiger partial charge in [0.25, 0.3) is 30.0 Å². The molecule has 0 saturated carbocycles. The molecule has 4 amide bonds. The number of fused-ring (bicyclic) bond motifs is 1. The molecule has 0 bridgehead atoms. The van der Waals surface area contributed by atoms with Crippen molar-refractivity contribution >= 4 is 30.0 Å². The van der Waals surface area contributed by atoms with Crippen molar-refractivity contribution < 1.29 is 28.1 Å². The van der Waals surface area contributed by atoms with Gasteiger partial charge in [-0.15, -0.1) is 0 Å². The maximum absolute atomic E-state index is 12.8. The number of aryl methyl sites for hydroxylation is 1. The molecule has 0 N–H and O–H groups in total. The van der Waals surface area contributed by atoms with Crippen molar-refractivity contribution in [1.29, 1.82) is 0 Å². The number of amides is 4. The molecule has 1 aromatic heterocycles. The van der Waals surface area contributed by atoms with Gasteiger partial charge >= 0.3 is 11.7 Å². The molecule has 0 spiro atoms. The summed E-state index contributed by atoms with van der Waals surface area (Å²) in [6.45, 7) is 2.68. The number of amidine groups is 1. The highest BCUT2D eigenvalue weighted by molar-refractivity contribution is 6.21. The Hall–Kier alpha value is -3.50. The zero-order valence-corrected chi connectivity index (χ0v) is 17.6. The van der Waals surface area contributed by atoms with E-state index in [9.17, 15) is 19.2 Å². The van der Waals surface area contributed by atoms with Crippen molar-refractivity contribution in [3.63, 3.8) is 0 Å². The number of nitrogens with zero attached hydrogens (tertiary/aromatic N) is 5. The van der Waals surface area contributed by atoms with Gasteiger partial charge < -0.3 is 14.1 Å². The molecule has 0 aliphatic carbocycles. The first-order valence-electron chi connectivity index (χ1n) is 10.0. The smallest absolute Gasteiger partial charge is 0.339 e. The third kappa shape index (κ3) is 3.94. The van der Waals surface area contributed by atoms with Gasteiger partial charge in [-0.05, 0) is 11.9 Å². The van der Waals surface area contributed by atoms with E-state index >= 15 is 0 Å². The number of likely N-dealkylation sites (N-methyl/N-ethyl adjacent to an activating group) is 2. The van der Waals surface area contributed by atoms with E-state index in [4.69, 9.17) is 9.15 Å². The lowest BCUT2D eigenvalue weighted by molar-refractivity contribution is -0.520. The van der Waals surface area contributed by atoms with Gasteiger partial charge in [0, 0.05) is 46.1 Å². The normalized spacial score (nSPS) is 21.8. The van der Waals surface area contributed by atoms with E-state index in [2.05, 4.69) is 4.99 Å². The molecule has 11 heteroatoms. The summed E-state index contributed by atoms with van der Waals surface area (Å²) in [4.78, 5) is 57.2. The van der Waals surface area contributed by atoms with Gasteiger partial charge in [-0.1, -0.05) is 0 Å². The standard InChI is InChI=1S/C20H24N5O6/c1-12-8-14(9-16(27)30-12)31-13-4-6-24(7-5-13)15(26)10-25-11-21-18-17(25)19(28)23(3)20(29)22(18)2/h8-9,11,13,17H,4-7,10H2,1-3H3/q+1. The molecule has 1 atom stereocenters. The molecule has 2 fully saturated rings. The van der Waals surface area contributed by atoms with Gasteiger partial charge in [0.15, 0.2) is 6.54 Å². The fourth-order valence-electron chi connectivity index (χ4n) is 3.99. The van der Waals surface area contributed by atoms with Crippen molar-refractivity contribution in [2.24, 2.45) is 4.99 Å². The summed E-state index contributed by atoms with van der Waals surface area (Å²) in [6.07, 6.45) is 2.59. The van der Waals surface area contributed by atoms with Gasteiger partial charge in [0.2, 0.25) is 0 Å². The predicted molar refractivity (Wildman–Crippen MR) is 108 cm³/mol. The van der Waals surface area contributed by atoms with Gasteiger partial charge in [0.1, 0.15) is 17.6 Å². The molecule has 3 aliphatic heterocycles. The van der Waals surface area contributed by atoms with Crippen LogP contribution in [0.25, 0.3) is 0 Å². The first-order valence-corrected chi connectivity index (χ1v) is 10.0. The second kappa shape index (κ2) is 7.97. The second-order valence-electron chi connectivity index (χ2n) is 7.84. The Morgan fingerprint density at radius 2 is 1.90 bits per heavy atom. The number of carbonyl (C=O) groups is 3. The van der Waals surface area contributed by atoms with E-state index in [1.165, 1.54) is 24.4 Å². The Bertz CT molecular complexity index is 1050. The van der Waals surface area contributed by atoms with Crippen molar-refractivity contribution in [2.45, 2.75) is 31.9 Å². The maximum Gasteiger partial charge on any atom is 0.339 e. The molecule has 164 valence electrons. The fourth-order valence-corrected chi connectivity index (χ4v) is 3.99. The Balaban J connectivity index is 1.33. The van der Waals surface area contributed by atoms with E-state index in [0.29, 0.717) is 43.3 Å². The number of imide groups is 1. The number of urea groups is 1. The van der Waals surface area contributed by atoms with Crippen LogP contribution in [-0.2, 0) is 9.59 Å². The molecule has 0 aromatic carbocycles. The lowest BCUT2D eigenvalue weighted by atomic mass is 10.1. The van der Waals surface area contributed by atoms with Crippen LogP contribution >= 0.6 is 0 Å². The molecule has 1 aromatic rings. The number of hydrogen-bond donors (Lipinski definition) is 0. The third-order valence-electron chi connectivity index (χ3n) is 5.68. The van der Waals surface area contributed by atoms with E-state index < -0.39 is 23.6 Å². The fraction of sp³-hybridized carbons (Fsp3) is 0.500. The summed E-state index contributed by atoms with van der Waals surface area (Å²) < 4.78 is 12.4. The van der Waals surface area contributed by atoms with Gasteiger partial charge in [0.05, 0.1) is 6.07 Å². The Morgan fingerprint density at radius 1 is 1.19 bits per heavy atom. The molecule has 11 nitrogen and oxygen atoms in total. The number of hydrogen-bond acceptors (Lipinski definition) is 7. The number of aliphatic imine (C=N–C) groups is 1. The van der Waals surface area contributed by atoms with Crippen LogP contribution in [0.1, 0.15) is 18.6 Å². The topological polar surface area (TPSA) is 116 Å². The summed E-state index contributed by atoms with van der Waals surface area (Å²) >= 11 is 0. The van der Waals surface area contributed by atoms with Crippen LogP contribution in [0.2, 0.25) is 0 Å². The van der Waals surface area contributed by atoms with Crippen LogP contribution in [0.4, 0.5) is 4.79 Å². The average molecular weight is 430 g/mol. The first-order chi connectivity index (χ1) is 14.7. The minimum Gasteiger partial charge on any atom is -0.490 e. The van der Waals surface area contributed by atoms with Crippen molar-refractivity contribution in [3.8, 4) is 5.75 Å². The van der Waals surface area contributed by atoms with Crippen molar-refractivity contribution in [1.82, 2.24) is 14.7 Å². The van der Waals surface area contributed by atoms with E-state index in [-0.39, 0.29) is 18.6 Å². The Kier molecular flexibility index (Phi) is 5.34. The first kappa shape index (κ1) is 20.8. The SMILES string of the molecule is Cc1cc(OC2CCN(C(=O)C[N+]3=CN=C4C3C(=O)N(C)C(=O)N4C)CC2)cc(=O)o1. The molecule has 3 aliphatic rings. The van der Waals surface area contributed by atoms with Crippen molar-refractivity contribution in [3.05, 3.63) is 28.3 Å². The summed E-state index contributed by atoms with van der Waals surface area (Å²) in [7, 11) is 2.97. The highest BCUT2D eigenvalue weighted by atomic mass is 16.5. The molecule has 31 heavy (non-hydrogen) atoms. The zero-order valence-electron chi connectivity index (χ0n) is 17.6. The second-order valence-corrected chi connectivity index (χ2v) is 7.84. The lowest BCUT2D eigenvalue weighted by Gasteiger charge is -2.33. The number of carbonyl (C=O) groups excluding carboxylic acids is 3. The van der Waals surface area contributed by atoms with Crippen LogP contribution in [0.5, 0.6) is 5.75 Å². The molecular formula is C20H24N5O6+. The van der Waals surface area contributed by atoms with E-state index in [1.54, 1.807) is 29.5 Å². The summed E-state index contributed by atoms with van der Waals surface area (Å²) in [5.74, 6) is 0.744. The van der Waals surface area contributed by atoms with Gasteiger partial charge in [-0.2, -0.15) is 0 Å². The molecule has 0 radical (unpaired) electrons. The molecule has 1 unspecified atom stereocenters. The van der Waals surface area contributed by atoms with Crippen LogP contribution < -0.4 is 10.4 Å². The molecular weight excluding hydrogens is 406 g/mol. The van der Waals surface area contributed by atoms with E-state index in [0.717, 1.165) is 4.90 Å². The minimum absolute atomic E-state index is 0.0102. The molecule has 4 heterocycles. The Labute approximate surface area is 178 Å². The largest absolute Gasteiger partial charge is 0.490 e. The van der Waals surface area contributed by atoms with Crippen LogP contribution in [0.3, 0.4) is 0 Å².